The van der Waals surface area contributed by atoms with Crippen LogP contribution in [-0.4, -0.2) is 49.8 Å². The van der Waals surface area contributed by atoms with Gasteiger partial charge in [-0.15, -0.1) is 0 Å². The fourth-order valence-electron chi connectivity index (χ4n) is 1.42. The van der Waals surface area contributed by atoms with Gasteiger partial charge >= 0.3 is 0 Å². The first-order chi connectivity index (χ1) is 8.41. The molecule has 19 heavy (non-hydrogen) atoms. The summed E-state index contributed by atoms with van der Waals surface area (Å²) in [4.78, 5) is 0. The number of rotatable bonds is 10. The maximum Gasteiger partial charge on any atom is 0.183 e. The second-order valence-electron chi connectivity index (χ2n) is 6.78. The van der Waals surface area contributed by atoms with E-state index in [0.717, 1.165) is 0 Å². The summed E-state index contributed by atoms with van der Waals surface area (Å²) < 4.78 is 34.9. The fraction of sp³-hybridized carbons (Fsp3) is 1.00. The standard InChI is InChI=1S/C12H30O4SSi2/c1-18(2,3)15-9-7-11-17(13,14)12-8-10-16-19(4,5)6/h7-12H2,1-6H3. The van der Waals surface area contributed by atoms with E-state index >= 15 is 0 Å². The van der Waals surface area contributed by atoms with E-state index in [-0.39, 0.29) is 11.5 Å². The molecule has 0 bridgehead atoms. The molecule has 0 fully saturated rings. The smallest absolute Gasteiger partial charge is 0.183 e. The van der Waals surface area contributed by atoms with Gasteiger partial charge in [-0.1, -0.05) is 0 Å². The largest absolute Gasteiger partial charge is 0.418 e. The van der Waals surface area contributed by atoms with Gasteiger partial charge in [0.05, 0.1) is 11.5 Å². The van der Waals surface area contributed by atoms with Crippen molar-refractivity contribution in [2.45, 2.75) is 52.1 Å². The molecule has 0 aliphatic carbocycles. The zero-order chi connectivity index (χ0) is 15.2. The van der Waals surface area contributed by atoms with E-state index < -0.39 is 26.5 Å². The Labute approximate surface area is 121 Å². The summed E-state index contributed by atoms with van der Waals surface area (Å²) in [5.74, 6) is 0.453. The molecule has 0 atom stereocenters. The number of sulfone groups is 1. The molecule has 0 amide bonds. The Morgan fingerprint density at radius 3 is 1.32 bits per heavy atom. The SMILES string of the molecule is C[Si](C)(C)OCCCS(=O)(=O)CCCO[Si](C)(C)C. The molecule has 0 spiro atoms. The lowest BCUT2D eigenvalue weighted by Gasteiger charge is -2.17. The first kappa shape index (κ1) is 19.3. The molecular formula is C12H30O4SSi2. The van der Waals surface area contributed by atoms with Gasteiger partial charge in [-0.05, 0) is 52.1 Å². The van der Waals surface area contributed by atoms with Gasteiger partial charge in [-0.25, -0.2) is 8.42 Å². The molecule has 0 aromatic carbocycles. The summed E-state index contributed by atoms with van der Waals surface area (Å²) in [6.07, 6.45) is 1.20. The highest BCUT2D eigenvalue weighted by Crippen LogP contribution is 2.06. The van der Waals surface area contributed by atoms with E-state index in [1.807, 2.05) is 0 Å². The summed E-state index contributed by atoms with van der Waals surface area (Å²) in [7, 11) is -5.98. The van der Waals surface area contributed by atoms with Crippen LogP contribution in [0, 0.1) is 0 Å². The third kappa shape index (κ3) is 14.5. The zero-order valence-corrected chi connectivity index (χ0v) is 16.1. The maximum atomic E-state index is 11.8. The van der Waals surface area contributed by atoms with Crippen LogP contribution in [0.3, 0.4) is 0 Å². The summed E-state index contributed by atoms with van der Waals surface area (Å²) in [6, 6.07) is 0. The molecule has 0 heterocycles. The van der Waals surface area contributed by atoms with Crippen molar-refractivity contribution in [1.82, 2.24) is 0 Å². The Balaban J connectivity index is 3.76. The van der Waals surface area contributed by atoms with Gasteiger partial charge in [0.2, 0.25) is 0 Å². The van der Waals surface area contributed by atoms with E-state index in [9.17, 15) is 8.42 Å². The van der Waals surface area contributed by atoms with Crippen molar-refractivity contribution in [3.63, 3.8) is 0 Å². The Morgan fingerprint density at radius 2 is 1.05 bits per heavy atom. The van der Waals surface area contributed by atoms with Crippen LogP contribution in [-0.2, 0) is 18.7 Å². The van der Waals surface area contributed by atoms with Gasteiger partial charge in [-0.3, -0.25) is 0 Å². The molecule has 0 saturated carbocycles. The van der Waals surface area contributed by atoms with Gasteiger partial charge in [0, 0.05) is 13.2 Å². The second kappa shape index (κ2) is 7.92. The average molecular weight is 327 g/mol. The van der Waals surface area contributed by atoms with Crippen molar-refractivity contribution in [2.24, 2.45) is 0 Å². The predicted octanol–water partition coefficient (Wildman–Crippen LogP) is 2.88. The molecule has 0 aliphatic heterocycles. The van der Waals surface area contributed by atoms with E-state index in [4.69, 9.17) is 8.85 Å². The van der Waals surface area contributed by atoms with Crippen LogP contribution in [0.1, 0.15) is 12.8 Å². The molecule has 0 rings (SSSR count). The van der Waals surface area contributed by atoms with E-state index in [2.05, 4.69) is 39.3 Å². The lowest BCUT2D eigenvalue weighted by Crippen LogP contribution is -2.27. The first-order valence-electron chi connectivity index (χ1n) is 6.90. The molecule has 0 N–H and O–H groups in total. The van der Waals surface area contributed by atoms with Crippen LogP contribution >= 0.6 is 0 Å². The minimum absolute atomic E-state index is 0.227. The molecule has 116 valence electrons. The molecule has 4 nitrogen and oxygen atoms in total. The van der Waals surface area contributed by atoms with Crippen molar-refractivity contribution in [1.29, 1.82) is 0 Å². The monoisotopic (exact) mass is 326 g/mol. The van der Waals surface area contributed by atoms with Crippen LogP contribution in [0.2, 0.25) is 39.3 Å². The molecule has 0 aromatic heterocycles. The highest BCUT2D eigenvalue weighted by atomic mass is 32.2. The Morgan fingerprint density at radius 1 is 0.737 bits per heavy atom. The third-order valence-corrected chi connectivity index (χ3v) is 6.23. The van der Waals surface area contributed by atoms with Gasteiger partial charge in [0.15, 0.2) is 16.6 Å². The summed E-state index contributed by atoms with van der Waals surface area (Å²) >= 11 is 0. The van der Waals surface area contributed by atoms with Crippen molar-refractivity contribution in [3.05, 3.63) is 0 Å². The Kier molecular flexibility index (Phi) is 8.05. The van der Waals surface area contributed by atoms with E-state index in [1.54, 1.807) is 0 Å². The third-order valence-electron chi connectivity index (χ3n) is 2.27. The van der Waals surface area contributed by atoms with E-state index in [1.165, 1.54) is 0 Å². The van der Waals surface area contributed by atoms with Crippen LogP contribution in [0.25, 0.3) is 0 Å². The van der Waals surface area contributed by atoms with Gasteiger partial charge in [0.25, 0.3) is 0 Å². The van der Waals surface area contributed by atoms with Crippen molar-refractivity contribution < 1.29 is 17.3 Å². The maximum absolute atomic E-state index is 11.8. The van der Waals surface area contributed by atoms with Crippen molar-refractivity contribution >= 4 is 26.5 Å². The molecule has 7 heteroatoms. The summed E-state index contributed by atoms with van der Waals surface area (Å²) in [5.41, 5.74) is 0. The normalized spacial score (nSPS) is 13.8. The highest BCUT2D eigenvalue weighted by Gasteiger charge is 2.17. The minimum Gasteiger partial charge on any atom is -0.418 e. The lowest BCUT2D eigenvalue weighted by atomic mass is 10.5. The van der Waals surface area contributed by atoms with E-state index in [0.29, 0.717) is 26.1 Å². The molecule has 0 unspecified atom stereocenters. The zero-order valence-electron chi connectivity index (χ0n) is 13.3. The fourth-order valence-corrected chi connectivity index (χ4v) is 4.25. The molecular weight excluding hydrogens is 296 g/mol. The average Bonchev–Trinajstić information content (AvgIpc) is 2.17. The van der Waals surface area contributed by atoms with Crippen molar-refractivity contribution in [3.8, 4) is 0 Å². The minimum atomic E-state index is -2.95. The number of hydrogen-bond donors (Lipinski definition) is 0. The quantitative estimate of drug-likeness (QED) is 0.457. The molecule has 0 radical (unpaired) electrons. The Bertz CT molecular complexity index is 314. The first-order valence-corrected chi connectivity index (χ1v) is 15.5. The van der Waals surface area contributed by atoms with Gasteiger partial charge in [0.1, 0.15) is 9.84 Å². The van der Waals surface area contributed by atoms with Crippen LogP contribution in [0.5, 0.6) is 0 Å². The van der Waals surface area contributed by atoms with Crippen molar-refractivity contribution in [2.75, 3.05) is 24.7 Å². The predicted molar refractivity (Wildman–Crippen MR) is 86.5 cm³/mol. The van der Waals surface area contributed by atoms with Gasteiger partial charge < -0.3 is 8.85 Å². The second-order valence-corrected chi connectivity index (χ2v) is 18.1. The molecule has 0 aromatic rings. The lowest BCUT2D eigenvalue weighted by molar-refractivity contribution is 0.309. The summed E-state index contributed by atoms with van der Waals surface area (Å²) in [6.45, 7) is 13.8. The topological polar surface area (TPSA) is 52.6 Å². The van der Waals surface area contributed by atoms with Crippen LogP contribution in [0.4, 0.5) is 0 Å². The molecule has 0 saturated heterocycles. The summed E-state index contributed by atoms with van der Waals surface area (Å²) in [5, 5.41) is 0. The van der Waals surface area contributed by atoms with Crippen LogP contribution in [0.15, 0.2) is 0 Å². The molecule has 0 aliphatic rings. The van der Waals surface area contributed by atoms with Crippen LogP contribution < -0.4 is 0 Å². The number of hydrogen-bond acceptors (Lipinski definition) is 4. The van der Waals surface area contributed by atoms with Gasteiger partial charge in [-0.2, -0.15) is 0 Å². The highest BCUT2D eigenvalue weighted by molar-refractivity contribution is 7.91. The Hall–Kier alpha value is 0.304.